The van der Waals surface area contributed by atoms with Crippen molar-refractivity contribution in [3.05, 3.63) is 35.1 Å². The molecule has 0 amide bonds. The van der Waals surface area contributed by atoms with Crippen LogP contribution in [0.2, 0.25) is 0 Å². The van der Waals surface area contributed by atoms with Crippen LogP contribution in [0.1, 0.15) is 30.5 Å². The number of methoxy groups -OCH3 is 1. The van der Waals surface area contributed by atoms with Gasteiger partial charge in [-0.25, -0.2) is 4.39 Å². The molecule has 0 aliphatic carbocycles. The maximum Gasteiger partial charge on any atom is 0.123 e. The van der Waals surface area contributed by atoms with Crippen LogP contribution in [0.15, 0.2) is 18.2 Å². The standard InChI is InChI=1S/C15H24FNO2/c1-4-5-17-15(11-19-7-6-18-3)13-8-12(2)9-14(16)10-13/h8-10,15,17H,4-7,11H2,1-3H3. The topological polar surface area (TPSA) is 30.5 Å². The van der Waals surface area contributed by atoms with E-state index in [1.807, 2.05) is 13.0 Å². The monoisotopic (exact) mass is 269 g/mol. The van der Waals surface area contributed by atoms with Crippen molar-refractivity contribution in [3.63, 3.8) is 0 Å². The molecule has 1 N–H and O–H groups in total. The summed E-state index contributed by atoms with van der Waals surface area (Å²) < 4.78 is 24.0. The van der Waals surface area contributed by atoms with Crippen LogP contribution in [0.3, 0.4) is 0 Å². The van der Waals surface area contributed by atoms with E-state index in [0.29, 0.717) is 19.8 Å². The fourth-order valence-corrected chi connectivity index (χ4v) is 1.90. The molecule has 1 aromatic rings. The van der Waals surface area contributed by atoms with Gasteiger partial charge in [0.15, 0.2) is 0 Å². The Morgan fingerprint density at radius 2 is 2.05 bits per heavy atom. The predicted octanol–water partition coefficient (Wildman–Crippen LogP) is 2.84. The lowest BCUT2D eigenvalue weighted by Crippen LogP contribution is -2.27. The third kappa shape index (κ3) is 6.14. The maximum atomic E-state index is 13.5. The minimum Gasteiger partial charge on any atom is -0.382 e. The predicted molar refractivity (Wildman–Crippen MR) is 74.9 cm³/mol. The summed E-state index contributed by atoms with van der Waals surface area (Å²) in [7, 11) is 1.64. The molecule has 0 bridgehead atoms. The zero-order valence-electron chi connectivity index (χ0n) is 12.0. The van der Waals surface area contributed by atoms with Gasteiger partial charge in [-0.05, 0) is 43.1 Å². The number of benzene rings is 1. The second kappa shape index (κ2) is 9.02. The Kier molecular flexibility index (Phi) is 7.63. The van der Waals surface area contributed by atoms with Gasteiger partial charge in [0.05, 0.1) is 25.9 Å². The van der Waals surface area contributed by atoms with E-state index in [-0.39, 0.29) is 11.9 Å². The van der Waals surface area contributed by atoms with Gasteiger partial charge in [0.1, 0.15) is 5.82 Å². The highest BCUT2D eigenvalue weighted by Crippen LogP contribution is 2.17. The van der Waals surface area contributed by atoms with Gasteiger partial charge in [-0.3, -0.25) is 0 Å². The molecule has 0 aliphatic rings. The van der Waals surface area contributed by atoms with Crippen LogP contribution in [-0.2, 0) is 9.47 Å². The minimum atomic E-state index is -0.199. The summed E-state index contributed by atoms with van der Waals surface area (Å²) in [6, 6.07) is 5.12. The lowest BCUT2D eigenvalue weighted by molar-refractivity contribution is 0.0585. The molecule has 0 radical (unpaired) electrons. The van der Waals surface area contributed by atoms with Gasteiger partial charge in [-0.1, -0.05) is 13.0 Å². The highest BCUT2D eigenvalue weighted by molar-refractivity contribution is 5.26. The molecule has 0 heterocycles. The van der Waals surface area contributed by atoms with Gasteiger partial charge < -0.3 is 14.8 Å². The summed E-state index contributed by atoms with van der Waals surface area (Å²) in [5.41, 5.74) is 1.86. The van der Waals surface area contributed by atoms with Crippen molar-refractivity contribution in [2.24, 2.45) is 0 Å². The number of nitrogens with one attached hydrogen (secondary N) is 1. The van der Waals surface area contributed by atoms with E-state index in [0.717, 1.165) is 24.1 Å². The van der Waals surface area contributed by atoms with Crippen molar-refractivity contribution in [1.29, 1.82) is 0 Å². The Balaban J connectivity index is 2.65. The smallest absolute Gasteiger partial charge is 0.123 e. The average molecular weight is 269 g/mol. The first-order valence-electron chi connectivity index (χ1n) is 6.74. The average Bonchev–Trinajstić information content (AvgIpc) is 2.36. The van der Waals surface area contributed by atoms with E-state index in [1.165, 1.54) is 6.07 Å². The maximum absolute atomic E-state index is 13.5. The SMILES string of the molecule is CCCNC(COCCOC)c1cc(C)cc(F)c1. The zero-order valence-corrected chi connectivity index (χ0v) is 12.0. The molecule has 0 saturated heterocycles. The minimum absolute atomic E-state index is 0.0196. The van der Waals surface area contributed by atoms with E-state index in [2.05, 4.69) is 12.2 Å². The summed E-state index contributed by atoms with van der Waals surface area (Å²) >= 11 is 0. The molecular weight excluding hydrogens is 245 g/mol. The van der Waals surface area contributed by atoms with Crippen LogP contribution in [0.5, 0.6) is 0 Å². The van der Waals surface area contributed by atoms with Crippen LogP contribution in [0.4, 0.5) is 4.39 Å². The Hall–Kier alpha value is -0.970. The van der Waals surface area contributed by atoms with Crippen molar-refractivity contribution in [2.45, 2.75) is 26.3 Å². The number of aryl methyl sites for hydroxylation is 1. The van der Waals surface area contributed by atoms with E-state index in [1.54, 1.807) is 13.2 Å². The Morgan fingerprint density at radius 3 is 2.68 bits per heavy atom. The molecule has 0 saturated carbocycles. The van der Waals surface area contributed by atoms with Crippen molar-refractivity contribution < 1.29 is 13.9 Å². The molecule has 1 atom stereocenters. The molecule has 0 aliphatic heterocycles. The number of hydrogen-bond donors (Lipinski definition) is 1. The van der Waals surface area contributed by atoms with Crippen molar-refractivity contribution in [3.8, 4) is 0 Å². The van der Waals surface area contributed by atoms with E-state index in [4.69, 9.17) is 9.47 Å². The van der Waals surface area contributed by atoms with Crippen molar-refractivity contribution in [2.75, 3.05) is 33.5 Å². The Bertz CT molecular complexity index is 351. The lowest BCUT2D eigenvalue weighted by atomic mass is 10.0. The van der Waals surface area contributed by atoms with Crippen molar-refractivity contribution >= 4 is 0 Å². The molecule has 108 valence electrons. The summed E-state index contributed by atoms with van der Waals surface area (Å²) in [6.07, 6.45) is 1.03. The number of hydrogen-bond acceptors (Lipinski definition) is 3. The second-order valence-corrected chi connectivity index (χ2v) is 4.64. The fraction of sp³-hybridized carbons (Fsp3) is 0.600. The van der Waals surface area contributed by atoms with Gasteiger partial charge in [-0.15, -0.1) is 0 Å². The highest BCUT2D eigenvalue weighted by atomic mass is 19.1. The summed E-state index contributed by atoms with van der Waals surface area (Å²) in [4.78, 5) is 0. The van der Waals surface area contributed by atoms with Crippen LogP contribution in [-0.4, -0.2) is 33.5 Å². The fourth-order valence-electron chi connectivity index (χ4n) is 1.90. The zero-order chi connectivity index (χ0) is 14.1. The van der Waals surface area contributed by atoms with Crippen LogP contribution in [0.25, 0.3) is 0 Å². The van der Waals surface area contributed by atoms with E-state index >= 15 is 0 Å². The molecule has 1 rings (SSSR count). The van der Waals surface area contributed by atoms with Crippen LogP contribution < -0.4 is 5.32 Å². The van der Waals surface area contributed by atoms with Gasteiger partial charge in [0.2, 0.25) is 0 Å². The largest absolute Gasteiger partial charge is 0.382 e. The van der Waals surface area contributed by atoms with E-state index < -0.39 is 0 Å². The lowest BCUT2D eigenvalue weighted by Gasteiger charge is -2.19. The number of rotatable bonds is 9. The highest BCUT2D eigenvalue weighted by Gasteiger charge is 2.12. The molecule has 1 unspecified atom stereocenters. The molecule has 0 fully saturated rings. The first-order chi connectivity index (χ1) is 9.17. The van der Waals surface area contributed by atoms with Crippen LogP contribution in [0, 0.1) is 12.7 Å². The second-order valence-electron chi connectivity index (χ2n) is 4.64. The van der Waals surface area contributed by atoms with Gasteiger partial charge >= 0.3 is 0 Å². The van der Waals surface area contributed by atoms with Gasteiger partial charge in [-0.2, -0.15) is 0 Å². The summed E-state index contributed by atoms with van der Waals surface area (Å²) in [6.45, 7) is 6.53. The summed E-state index contributed by atoms with van der Waals surface area (Å²) in [5.74, 6) is -0.199. The molecule has 1 aromatic carbocycles. The van der Waals surface area contributed by atoms with Gasteiger partial charge in [0, 0.05) is 7.11 Å². The van der Waals surface area contributed by atoms with E-state index in [9.17, 15) is 4.39 Å². The third-order valence-corrected chi connectivity index (χ3v) is 2.82. The Labute approximate surface area is 115 Å². The van der Waals surface area contributed by atoms with Crippen LogP contribution >= 0.6 is 0 Å². The first kappa shape index (κ1) is 16.1. The molecule has 0 aromatic heterocycles. The third-order valence-electron chi connectivity index (χ3n) is 2.82. The Morgan fingerprint density at radius 1 is 1.26 bits per heavy atom. The van der Waals surface area contributed by atoms with Crippen molar-refractivity contribution in [1.82, 2.24) is 5.32 Å². The molecule has 4 heteroatoms. The number of halogens is 1. The quantitative estimate of drug-likeness (QED) is 0.699. The normalized spacial score (nSPS) is 12.6. The molecule has 0 spiro atoms. The molecule has 3 nitrogen and oxygen atoms in total. The molecule has 19 heavy (non-hydrogen) atoms. The molecular formula is C15H24FNO2. The summed E-state index contributed by atoms with van der Waals surface area (Å²) in [5, 5.41) is 3.38. The number of ether oxygens (including phenoxy) is 2. The van der Waals surface area contributed by atoms with Gasteiger partial charge in [0.25, 0.3) is 0 Å². The first-order valence-corrected chi connectivity index (χ1v) is 6.74.